The van der Waals surface area contributed by atoms with Crippen LogP contribution in [0.1, 0.15) is 25.7 Å². The number of esters is 1. The van der Waals surface area contributed by atoms with Crippen LogP contribution in [0, 0.1) is 0 Å². The summed E-state index contributed by atoms with van der Waals surface area (Å²) in [4.78, 5) is 10.6. The van der Waals surface area contributed by atoms with E-state index in [1.54, 1.807) is 0 Å². The molecule has 0 aromatic rings. The first kappa shape index (κ1) is 16.0. The number of unbranched alkanes of at least 4 members (excludes halogenated alkanes) is 3. The van der Waals surface area contributed by atoms with Gasteiger partial charge in [-0.2, -0.15) is 0 Å². The Morgan fingerprint density at radius 1 is 1.38 bits per heavy atom. The molecule has 73 valence electrons. The fourth-order valence-electron chi connectivity index (χ4n) is 0.863. The van der Waals surface area contributed by atoms with Crippen molar-refractivity contribution < 1.29 is 27.8 Å². The van der Waals surface area contributed by atoms with Crippen LogP contribution in [0.2, 0.25) is 5.02 Å². The molecule has 0 saturated heterocycles. The van der Waals surface area contributed by atoms with E-state index in [9.17, 15) is 4.79 Å². The molecule has 0 spiro atoms. The Bertz CT molecular complexity index is 149. The molecule has 0 amide bonds. The molecule has 0 aliphatic heterocycles. The molecule has 0 N–H and O–H groups in total. The van der Waals surface area contributed by atoms with Crippen LogP contribution in [0.4, 0.5) is 0 Å². The van der Waals surface area contributed by atoms with Crippen molar-refractivity contribution in [1.29, 1.82) is 0 Å². The number of methoxy groups -OCH3 is 1. The van der Waals surface area contributed by atoms with E-state index in [1.807, 2.05) is 6.08 Å². The van der Waals surface area contributed by atoms with Crippen molar-refractivity contribution in [2.24, 2.45) is 0 Å². The maximum absolute atomic E-state index is 10.6. The van der Waals surface area contributed by atoms with Crippen molar-refractivity contribution >= 4 is 29.9 Å². The molecule has 0 fully saturated rings. The summed E-state index contributed by atoms with van der Waals surface area (Å²) in [6, 6.07) is 0. The zero-order valence-electron chi connectivity index (χ0n) is 8.12. The van der Waals surface area contributed by atoms with Crippen molar-refractivity contribution in [3.05, 3.63) is 12.2 Å². The number of rotatable bonds is 6. The summed E-state index contributed by atoms with van der Waals surface area (Å²) in [5.41, 5.74) is 0. The molecule has 0 aliphatic rings. The molecule has 0 saturated carbocycles. The van der Waals surface area contributed by atoms with E-state index in [4.69, 9.17) is 0 Å². The molecule has 0 rings (SSSR count). The summed E-state index contributed by atoms with van der Waals surface area (Å²) in [6.45, 7) is 0. The van der Waals surface area contributed by atoms with Gasteiger partial charge in [0.15, 0.2) is 0 Å². The first-order chi connectivity index (χ1) is 5.81. The van der Waals surface area contributed by atoms with E-state index in [1.165, 1.54) is 55.8 Å². The molecule has 0 radical (unpaired) electrons. The van der Waals surface area contributed by atoms with Crippen LogP contribution in [0.15, 0.2) is 12.2 Å². The molecular formula is C9H16IO2Zn. The van der Waals surface area contributed by atoms with Gasteiger partial charge in [0, 0.05) is 0 Å². The quantitative estimate of drug-likeness (QED) is 0.243. The Morgan fingerprint density at radius 3 is 2.62 bits per heavy atom. The molecule has 13 heavy (non-hydrogen) atoms. The number of carbonyl (C=O) groups excluding carboxylic acids is 1. The number of hydrogen-bond donors (Lipinski definition) is 0. The van der Waals surface area contributed by atoms with E-state index in [2.05, 4.69) is 4.74 Å². The molecule has 0 unspecified atom stereocenters. The first-order valence-electron chi connectivity index (χ1n) is 4.35. The second-order valence-electron chi connectivity index (χ2n) is 2.63. The third kappa shape index (κ3) is 12.6. The van der Waals surface area contributed by atoms with Crippen molar-refractivity contribution in [2.75, 3.05) is 7.11 Å². The minimum Gasteiger partial charge on any atom is -0.107 e. The summed E-state index contributed by atoms with van der Waals surface area (Å²) in [5, 5.41) is 1.38. The molecule has 4 heteroatoms. The Kier molecular flexibility index (Phi) is 15.5. The van der Waals surface area contributed by atoms with Crippen LogP contribution in [0.25, 0.3) is 0 Å². The van der Waals surface area contributed by atoms with E-state index in [0.717, 1.165) is 6.42 Å². The number of ether oxygens (including phenoxy) is 1. The molecule has 0 aliphatic carbocycles. The fraction of sp³-hybridized carbons (Fsp3) is 0.667. The van der Waals surface area contributed by atoms with Crippen LogP contribution in [0.5, 0.6) is 0 Å². The van der Waals surface area contributed by atoms with Crippen molar-refractivity contribution in [3.8, 4) is 0 Å². The van der Waals surface area contributed by atoms with Gasteiger partial charge in [0.05, 0.1) is 0 Å². The second kappa shape index (κ2) is 12.6. The van der Waals surface area contributed by atoms with Crippen LogP contribution in [-0.2, 0) is 27.8 Å². The molecule has 2 nitrogen and oxygen atoms in total. The third-order valence-electron chi connectivity index (χ3n) is 1.58. The van der Waals surface area contributed by atoms with Gasteiger partial charge in [-0.05, 0) is 0 Å². The number of carbonyl (C=O) groups is 1. The summed E-state index contributed by atoms with van der Waals surface area (Å²) < 4.78 is 4.46. The summed E-state index contributed by atoms with van der Waals surface area (Å²) in [6.07, 6.45) is 8.19. The summed E-state index contributed by atoms with van der Waals surface area (Å²) in [5.74, 6) is -0.253. The van der Waals surface area contributed by atoms with E-state index >= 15 is 0 Å². The summed E-state index contributed by atoms with van der Waals surface area (Å²) in [7, 11) is 1.40. The largest absolute Gasteiger partial charge is 0.107 e. The van der Waals surface area contributed by atoms with Crippen molar-refractivity contribution in [2.45, 2.75) is 30.7 Å². The molecular weight excluding hydrogens is 332 g/mol. The van der Waals surface area contributed by atoms with Crippen LogP contribution >= 0.6 is 24.0 Å². The van der Waals surface area contributed by atoms with Gasteiger partial charge in [0.2, 0.25) is 0 Å². The van der Waals surface area contributed by atoms with Gasteiger partial charge in [0.25, 0.3) is 0 Å². The molecule has 0 heterocycles. The third-order valence-corrected chi connectivity index (χ3v) is 2.62. The van der Waals surface area contributed by atoms with Gasteiger partial charge < -0.3 is 0 Å². The van der Waals surface area contributed by atoms with Gasteiger partial charge in [-0.25, -0.2) is 0 Å². The second-order valence-corrected chi connectivity index (χ2v) is 4.11. The monoisotopic (exact) mass is 347 g/mol. The number of halogens is 1. The Labute approximate surface area is 107 Å². The number of allylic oxidation sites excluding steroid dienone is 1. The van der Waals surface area contributed by atoms with E-state index in [-0.39, 0.29) is 29.9 Å². The predicted octanol–water partition coefficient (Wildman–Crippen LogP) is 2.86. The van der Waals surface area contributed by atoms with Gasteiger partial charge in [-0.3, -0.25) is 0 Å². The van der Waals surface area contributed by atoms with Crippen LogP contribution in [0.3, 0.4) is 0 Å². The Balaban J connectivity index is 0. The molecule has 0 atom stereocenters. The zero-order valence-corrected chi connectivity index (χ0v) is 13.4. The minimum atomic E-state index is -0.253. The zero-order chi connectivity index (χ0) is 9.23. The molecule has 0 aromatic heterocycles. The standard InChI is InChI=1S/C9H15O2.HI.Zn/c1-3-4-5-6-7-8-9(10)11-2;;/h7-8H,1,3-6H2,2H3;1H;. The van der Waals surface area contributed by atoms with Gasteiger partial charge in [0.1, 0.15) is 0 Å². The van der Waals surface area contributed by atoms with Crippen molar-refractivity contribution in [3.63, 3.8) is 0 Å². The Hall–Kier alpha value is 0.563. The smallest absolute Gasteiger partial charge is 0.107 e. The minimum absolute atomic E-state index is 0. The van der Waals surface area contributed by atoms with Crippen LogP contribution in [-0.4, -0.2) is 13.1 Å². The fourth-order valence-corrected chi connectivity index (χ4v) is 1.61. The topological polar surface area (TPSA) is 26.3 Å². The molecule has 0 aromatic carbocycles. The first-order valence-corrected chi connectivity index (χ1v) is 6.44. The number of hydrogen-bond acceptors (Lipinski definition) is 2. The normalized spacial score (nSPS) is 9.77. The van der Waals surface area contributed by atoms with E-state index < -0.39 is 0 Å². The maximum atomic E-state index is 10.6. The molecule has 0 bridgehead atoms. The van der Waals surface area contributed by atoms with Crippen LogP contribution < -0.4 is 0 Å². The predicted molar refractivity (Wildman–Crippen MR) is 59.8 cm³/mol. The van der Waals surface area contributed by atoms with Gasteiger partial charge in [-0.1, -0.05) is 0 Å². The average molecular weight is 349 g/mol. The average Bonchev–Trinajstić information content (AvgIpc) is 2.10. The van der Waals surface area contributed by atoms with Crippen molar-refractivity contribution in [1.82, 2.24) is 0 Å². The van der Waals surface area contributed by atoms with Gasteiger partial charge in [-0.15, -0.1) is 24.0 Å². The van der Waals surface area contributed by atoms with Gasteiger partial charge >= 0.3 is 83.8 Å². The summed E-state index contributed by atoms with van der Waals surface area (Å²) >= 11 is 1.40. The van der Waals surface area contributed by atoms with E-state index in [0.29, 0.717) is 0 Å². The SMILES string of the molecule is COC(=O)C=CCCCC[CH2][Zn].I. The maximum Gasteiger partial charge on any atom is -0.107 e. The Morgan fingerprint density at radius 2 is 2.08 bits per heavy atom.